The number of rotatable bonds is 8. The fraction of sp³-hybridized carbons (Fsp3) is 0.412. The number of hydrogen-bond acceptors (Lipinski definition) is 3. The van der Waals surface area contributed by atoms with Crippen LogP contribution in [0.3, 0.4) is 0 Å². The molecule has 20 heavy (non-hydrogen) atoms. The summed E-state index contributed by atoms with van der Waals surface area (Å²) in [6.45, 7) is 3.31. The highest BCUT2D eigenvalue weighted by Gasteiger charge is 2.11. The number of nitrogens with one attached hydrogen (secondary N) is 1. The zero-order valence-corrected chi connectivity index (χ0v) is 13.9. The van der Waals surface area contributed by atoms with Crippen LogP contribution in [-0.2, 0) is 6.42 Å². The lowest BCUT2D eigenvalue weighted by molar-refractivity contribution is 0.500. The smallest absolute Gasteiger partial charge is 0.0323 e. The Kier molecular flexibility index (Phi) is 6.64. The molecule has 0 aliphatic heterocycles. The average molecular weight is 306 g/mol. The van der Waals surface area contributed by atoms with Gasteiger partial charge in [-0.15, -0.1) is 23.1 Å². The van der Waals surface area contributed by atoms with Crippen LogP contribution in [0.25, 0.3) is 0 Å². The standard InChI is InChI=1S/C17H23NS2/c1-3-12-18-17(11-10-16-5-4-13-20-16)14-6-8-15(19-2)9-7-14/h4-9,13,17-18H,3,10-12H2,1-2H3. The molecular formula is C17H23NS2. The van der Waals surface area contributed by atoms with Gasteiger partial charge in [-0.2, -0.15) is 0 Å². The van der Waals surface area contributed by atoms with Gasteiger partial charge in [0.25, 0.3) is 0 Å². The molecule has 0 saturated carbocycles. The average Bonchev–Trinajstić information content (AvgIpc) is 3.01. The van der Waals surface area contributed by atoms with E-state index in [9.17, 15) is 0 Å². The Hall–Kier alpha value is -0.770. The summed E-state index contributed by atoms with van der Waals surface area (Å²) >= 11 is 3.66. The molecule has 0 amide bonds. The Morgan fingerprint density at radius 1 is 1.20 bits per heavy atom. The van der Waals surface area contributed by atoms with E-state index in [4.69, 9.17) is 0 Å². The van der Waals surface area contributed by atoms with Crippen LogP contribution in [-0.4, -0.2) is 12.8 Å². The molecule has 0 aliphatic carbocycles. The maximum Gasteiger partial charge on any atom is 0.0323 e. The van der Waals surface area contributed by atoms with Crippen molar-refractivity contribution in [3.63, 3.8) is 0 Å². The second-order valence-electron chi connectivity index (χ2n) is 4.90. The molecule has 1 atom stereocenters. The Balaban J connectivity index is 2.01. The molecule has 0 bridgehead atoms. The van der Waals surface area contributed by atoms with Gasteiger partial charge in [0.05, 0.1) is 0 Å². The lowest BCUT2D eigenvalue weighted by Crippen LogP contribution is -2.22. The lowest BCUT2D eigenvalue weighted by Gasteiger charge is -2.19. The van der Waals surface area contributed by atoms with Gasteiger partial charge in [0, 0.05) is 15.8 Å². The van der Waals surface area contributed by atoms with Gasteiger partial charge in [-0.05, 0) is 61.2 Å². The van der Waals surface area contributed by atoms with Crippen molar-refractivity contribution in [2.24, 2.45) is 0 Å². The van der Waals surface area contributed by atoms with E-state index >= 15 is 0 Å². The van der Waals surface area contributed by atoms with Crippen LogP contribution in [0.15, 0.2) is 46.7 Å². The van der Waals surface area contributed by atoms with Crippen LogP contribution < -0.4 is 5.32 Å². The molecule has 3 heteroatoms. The summed E-state index contributed by atoms with van der Waals surface area (Å²) in [6.07, 6.45) is 5.62. The van der Waals surface area contributed by atoms with Crippen molar-refractivity contribution in [2.45, 2.75) is 37.1 Å². The molecule has 0 fully saturated rings. The van der Waals surface area contributed by atoms with Crippen molar-refractivity contribution in [1.29, 1.82) is 0 Å². The van der Waals surface area contributed by atoms with Crippen molar-refractivity contribution in [2.75, 3.05) is 12.8 Å². The maximum absolute atomic E-state index is 3.68. The van der Waals surface area contributed by atoms with Crippen molar-refractivity contribution < 1.29 is 0 Å². The van der Waals surface area contributed by atoms with Crippen LogP contribution in [0.2, 0.25) is 0 Å². The van der Waals surface area contributed by atoms with E-state index in [-0.39, 0.29) is 0 Å². The molecule has 1 nitrogen and oxygen atoms in total. The highest BCUT2D eigenvalue weighted by molar-refractivity contribution is 7.98. The Morgan fingerprint density at radius 2 is 2.00 bits per heavy atom. The summed E-state index contributed by atoms with van der Waals surface area (Å²) in [4.78, 5) is 2.82. The summed E-state index contributed by atoms with van der Waals surface area (Å²) in [5, 5.41) is 5.85. The molecule has 2 rings (SSSR count). The van der Waals surface area contributed by atoms with Gasteiger partial charge in [0.15, 0.2) is 0 Å². The first-order chi connectivity index (χ1) is 9.83. The van der Waals surface area contributed by atoms with Gasteiger partial charge in [0.2, 0.25) is 0 Å². The van der Waals surface area contributed by atoms with Gasteiger partial charge in [-0.3, -0.25) is 0 Å². The highest BCUT2D eigenvalue weighted by Crippen LogP contribution is 2.23. The zero-order valence-electron chi connectivity index (χ0n) is 12.3. The van der Waals surface area contributed by atoms with Gasteiger partial charge < -0.3 is 5.32 Å². The van der Waals surface area contributed by atoms with Crippen molar-refractivity contribution >= 4 is 23.1 Å². The third-order valence-electron chi connectivity index (χ3n) is 3.42. The predicted octanol–water partition coefficient (Wildman–Crippen LogP) is 5.14. The van der Waals surface area contributed by atoms with Crippen LogP contribution in [0.1, 0.15) is 36.2 Å². The fourth-order valence-corrected chi connectivity index (χ4v) is 3.42. The fourth-order valence-electron chi connectivity index (χ4n) is 2.28. The Labute approximate surface area is 130 Å². The zero-order chi connectivity index (χ0) is 14.2. The molecule has 0 aliphatic rings. The first kappa shape index (κ1) is 15.6. The summed E-state index contributed by atoms with van der Waals surface area (Å²) in [7, 11) is 0. The molecule has 0 saturated heterocycles. The van der Waals surface area contributed by atoms with Gasteiger partial charge in [-0.1, -0.05) is 25.1 Å². The minimum Gasteiger partial charge on any atom is -0.310 e. The van der Waals surface area contributed by atoms with E-state index in [1.165, 1.54) is 28.2 Å². The first-order valence-electron chi connectivity index (χ1n) is 7.23. The molecule has 1 heterocycles. The number of benzene rings is 1. The molecule has 0 radical (unpaired) electrons. The van der Waals surface area contributed by atoms with Crippen molar-refractivity contribution in [1.82, 2.24) is 5.32 Å². The Bertz CT molecular complexity index is 476. The minimum absolute atomic E-state index is 0.466. The number of aryl methyl sites for hydroxylation is 1. The lowest BCUT2D eigenvalue weighted by atomic mass is 10.0. The van der Waals surface area contributed by atoms with Gasteiger partial charge in [-0.25, -0.2) is 0 Å². The molecule has 108 valence electrons. The van der Waals surface area contributed by atoms with Crippen LogP contribution in [0, 0.1) is 0 Å². The summed E-state index contributed by atoms with van der Waals surface area (Å²) in [5.74, 6) is 0. The van der Waals surface area contributed by atoms with E-state index < -0.39 is 0 Å². The van der Waals surface area contributed by atoms with Crippen LogP contribution in [0.4, 0.5) is 0 Å². The quantitative estimate of drug-likeness (QED) is 0.677. The second kappa shape index (κ2) is 8.50. The number of thiophene rings is 1. The third-order valence-corrected chi connectivity index (χ3v) is 5.10. The van der Waals surface area contributed by atoms with Crippen molar-refractivity contribution in [3.05, 3.63) is 52.2 Å². The number of hydrogen-bond donors (Lipinski definition) is 1. The van der Waals surface area contributed by atoms with E-state index in [1.54, 1.807) is 11.8 Å². The van der Waals surface area contributed by atoms with E-state index in [2.05, 4.69) is 60.3 Å². The molecule has 2 aromatic rings. The van der Waals surface area contributed by atoms with E-state index in [1.807, 2.05) is 11.3 Å². The SMILES string of the molecule is CCCNC(CCc1cccs1)c1ccc(SC)cc1. The second-order valence-corrected chi connectivity index (χ2v) is 6.81. The number of thioether (sulfide) groups is 1. The van der Waals surface area contributed by atoms with Gasteiger partial charge in [0.1, 0.15) is 0 Å². The summed E-state index contributed by atoms with van der Waals surface area (Å²) in [5.41, 5.74) is 1.41. The summed E-state index contributed by atoms with van der Waals surface area (Å²) in [6, 6.07) is 13.8. The molecule has 1 N–H and O–H groups in total. The molecule has 1 aromatic heterocycles. The predicted molar refractivity (Wildman–Crippen MR) is 91.9 cm³/mol. The topological polar surface area (TPSA) is 12.0 Å². The normalized spacial score (nSPS) is 12.5. The molecule has 0 spiro atoms. The van der Waals surface area contributed by atoms with Crippen LogP contribution >= 0.6 is 23.1 Å². The molecule has 1 unspecified atom stereocenters. The first-order valence-corrected chi connectivity index (χ1v) is 9.33. The molecular weight excluding hydrogens is 282 g/mol. The van der Waals surface area contributed by atoms with Crippen molar-refractivity contribution in [3.8, 4) is 0 Å². The summed E-state index contributed by atoms with van der Waals surface area (Å²) < 4.78 is 0. The highest BCUT2D eigenvalue weighted by atomic mass is 32.2. The van der Waals surface area contributed by atoms with E-state index in [0.717, 1.165) is 13.0 Å². The van der Waals surface area contributed by atoms with Gasteiger partial charge >= 0.3 is 0 Å². The maximum atomic E-state index is 3.68. The van der Waals surface area contributed by atoms with Crippen LogP contribution in [0.5, 0.6) is 0 Å². The monoisotopic (exact) mass is 305 g/mol. The molecule has 1 aromatic carbocycles. The third kappa shape index (κ3) is 4.65. The largest absolute Gasteiger partial charge is 0.310 e. The Morgan fingerprint density at radius 3 is 2.60 bits per heavy atom. The minimum atomic E-state index is 0.466. The van der Waals surface area contributed by atoms with E-state index in [0.29, 0.717) is 6.04 Å².